The highest BCUT2D eigenvalue weighted by molar-refractivity contribution is 6.30. The number of methoxy groups -OCH3 is 1. The van der Waals surface area contributed by atoms with Crippen LogP contribution in [-0.4, -0.2) is 40.3 Å². The van der Waals surface area contributed by atoms with Crippen molar-refractivity contribution in [3.05, 3.63) is 53.0 Å². The standard InChI is InChI=1S/C23H24ClN5O5/c1-13-10-17(12-25-20(13)33-18-8-6-14(7-9-18)22(31)32-2)26-19(30)21-28-29-23(34-21)27-16-5-3-4-15(24)11-16/h3-5,10-12,14,18H,6-9H2,1-2H3,(H,26,30)(H,27,29)/t14-,18-. The number of benzene rings is 1. The quantitative estimate of drug-likeness (QED) is 0.463. The fraction of sp³-hybridized carbons (Fsp3) is 0.348. The van der Waals surface area contributed by atoms with Gasteiger partial charge < -0.3 is 24.5 Å². The maximum atomic E-state index is 12.5. The number of ether oxygens (including phenoxy) is 2. The summed E-state index contributed by atoms with van der Waals surface area (Å²) in [5, 5.41) is 13.7. The van der Waals surface area contributed by atoms with Crippen LogP contribution in [0.2, 0.25) is 5.02 Å². The van der Waals surface area contributed by atoms with Gasteiger partial charge in [0.2, 0.25) is 5.88 Å². The lowest BCUT2D eigenvalue weighted by Crippen LogP contribution is -2.29. The highest BCUT2D eigenvalue weighted by Gasteiger charge is 2.28. The molecule has 1 aliphatic carbocycles. The zero-order valence-electron chi connectivity index (χ0n) is 18.7. The maximum absolute atomic E-state index is 12.5. The lowest BCUT2D eigenvalue weighted by molar-refractivity contribution is -0.147. The molecule has 0 bridgehead atoms. The topological polar surface area (TPSA) is 128 Å². The summed E-state index contributed by atoms with van der Waals surface area (Å²) < 4.78 is 16.2. The molecule has 1 amide bonds. The van der Waals surface area contributed by atoms with E-state index in [0.717, 1.165) is 31.2 Å². The number of carbonyl (C=O) groups excluding carboxylic acids is 2. The molecule has 0 saturated heterocycles. The van der Waals surface area contributed by atoms with Gasteiger partial charge in [-0.25, -0.2) is 4.98 Å². The smallest absolute Gasteiger partial charge is 0.320 e. The Labute approximate surface area is 201 Å². The fourth-order valence-electron chi connectivity index (χ4n) is 3.73. The third-order valence-electron chi connectivity index (χ3n) is 5.47. The van der Waals surface area contributed by atoms with Gasteiger partial charge in [0.25, 0.3) is 0 Å². The van der Waals surface area contributed by atoms with Crippen LogP contribution in [0, 0.1) is 12.8 Å². The molecular formula is C23H24ClN5O5. The number of pyridine rings is 1. The molecule has 0 unspecified atom stereocenters. The van der Waals surface area contributed by atoms with Crippen molar-refractivity contribution in [3.63, 3.8) is 0 Å². The summed E-state index contributed by atoms with van der Waals surface area (Å²) in [4.78, 5) is 28.5. The number of aromatic nitrogens is 3. The zero-order chi connectivity index (χ0) is 24.1. The van der Waals surface area contributed by atoms with E-state index in [1.807, 2.05) is 6.92 Å². The van der Waals surface area contributed by atoms with Crippen LogP contribution in [0.4, 0.5) is 17.4 Å². The molecule has 1 fully saturated rings. The first-order chi connectivity index (χ1) is 16.4. The Morgan fingerprint density at radius 2 is 1.91 bits per heavy atom. The van der Waals surface area contributed by atoms with Crippen molar-refractivity contribution in [2.24, 2.45) is 5.92 Å². The van der Waals surface area contributed by atoms with E-state index in [2.05, 4.69) is 25.8 Å². The number of hydrogen-bond acceptors (Lipinski definition) is 9. The second kappa shape index (κ2) is 10.5. The Kier molecular flexibility index (Phi) is 7.27. The van der Waals surface area contributed by atoms with Crippen LogP contribution in [0.25, 0.3) is 0 Å². The molecule has 2 N–H and O–H groups in total. The van der Waals surface area contributed by atoms with E-state index in [4.69, 9.17) is 25.5 Å². The average Bonchev–Trinajstić information content (AvgIpc) is 3.29. The van der Waals surface area contributed by atoms with Crippen LogP contribution in [0.1, 0.15) is 41.9 Å². The molecule has 178 valence electrons. The predicted molar refractivity (Wildman–Crippen MR) is 124 cm³/mol. The van der Waals surface area contributed by atoms with E-state index >= 15 is 0 Å². The van der Waals surface area contributed by atoms with Crippen LogP contribution in [0.5, 0.6) is 5.88 Å². The number of anilines is 3. The van der Waals surface area contributed by atoms with E-state index in [1.54, 1.807) is 30.3 Å². The third kappa shape index (κ3) is 5.82. The summed E-state index contributed by atoms with van der Waals surface area (Å²) in [6.07, 6.45) is 4.44. The van der Waals surface area contributed by atoms with Gasteiger partial charge in [-0.2, -0.15) is 0 Å². The minimum absolute atomic E-state index is 0.0173. The molecule has 11 heteroatoms. The van der Waals surface area contributed by atoms with Crippen molar-refractivity contribution < 1.29 is 23.5 Å². The Bertz CT molecular complexity index is 1180. The van der Waals surface area contributed by atoms with E-state index in [0.29, 0.717) is 22.3 Å². The van der Waals surface area contributed by atoms with Crippen LogP contribution in [0.3, 0.4) is 0 Å². The monoisotopic (exact) mass is 485 g/mol. The molecule has 1 saturated carbocycles. The Balaban J connectivity index is 1.32. The normalized spacial score (nSPS) is 17.6. The molecule has 0 atom stereocenters. The van der Waals surface area contributed by atoms with Crippen molar-refractivity contribution in [1.29, 1.82) is 0 Å². The highest BCUT2D eigenvalue weighted by Crippen LogP contribution is 2.29. The molecule has 34 heavy (non-hydrogen) atoms. The summed E-state index contributed by atoms with van der Waals surface area (Å²) in [5.74, 6) is -0.512. The van der Waals surface area contributed by atoms with E-state index in [1.165, 1.54) is 13.3 Å². The second-order valence-corrected chi connectivity index (χ2v) is 8.40. The van der Waals surface area contributed by atoms with Gasteiger partial charge in [-0.3, -0.25) is 9.59 Å². The molecule has 0 aliphatic heterocycles. The first-order valence-electron chi connectivity index (χ1n) is 10.8. The van der Waals surface area contributed by atoms with Gasteiger partial charge in [0, 0.05) is 16.3 Å². The third-order valence-corrected chi connectivity index (χ3v) is 5.71. The van der Waals surface area contributed by atoms with Crippen molar-refractivity contribution >= 4 is 40.9 Å². The molecule has 10 nitrogen and oxygen atoms in total. The summed E-state index contributed by atoms with van der Waals surface area (Å²) in [6.45, 7) is 1.85. The Morgan fingerprint density at radius 1 is 1.12 bits per heavy atom. The number of nitrogens with one attached hydrogen (secondary N) is 2. The largest absolute Gasteiger partial charge is 0.474 e. The molecule has 4 rings (SSSR count). The number of carbonyl (C=O) groups is 2. The molecule has 0 spiro atoms. The number of nitrogens with zero attached hydrogens (tertiary/aromatic N) is 3. The maximum Gasteiger partial charge on any atom is 0.320 e. The van der Waals surface area contributed by atoms with Crippen molar-refractivity contribution in [2.45, 2.75) is 38.7 Å². The average molecular weight is 486 g/mol. The van der Waals surface area contributed by atoms with Gasteiger partial charge in [-0.15, -0.1) is 5.10 Å². The molecule has 0 radical (unpaired) electrons. The molecule has 2 heterocycles. The van der Waals surface area contributed by atoms with Gasteiger partial charge in [0.15, 0.2) is 0 Å². The van der Waals surface area contributed by atoms with E-state index < -0.39 is 5.91 Å². The molecule has 3 aromatic rings. The summed E-state index contributed by atoms with van der Waals surface area (Å²) in [5.41, 5.74) is 1.88. The molecular weight excluding hydrogens is 462 g/mol. The summed E-state index contributed by atoms with van der Waals surface area (Å²) >= 11 is 5.96. The SMILES string of the molecule is COC(=O)[C@H]1CC[C@H](Oc2ncc(NC(=O)c3nnc(Nc4cccc(Cl)c4)o3)cc2C)CC1. The van der Waals surface area contributed by atoms with Crippen LogP contribution in [-0.2, 0) is 9.53 Å². The highest BCUT2D eigenvalue weighted by atomic mass is 35.5. The summed E-state index contributed by atoms with van der Waals surface area (Å²) in [7, 11) is 1.41. The van der Waals surface area contributed by atoms with E-state index in [-0.39, 0.29) is 29.9 Å². The number of amides is 1. The number of aryl methyl sites for hydroxylation is 1. The minimum Gasteiger partial charge on any atom is -0.474 e. The van der Waals surface area contributed by atoms with E-state index in [9.17, 15) is 9.59 Å². The van der Waals surface area contributed by atoms with Gasteiger partial charge in [-0.1, -0.05) is 22.8 Å². The zero-order valence-corrected chi connectivity index (χ0v) is 19.5. The first kappa shape index (κ1) is 23.5. The Morgan fingerprint density at radius 3 is 2.62 bits per heavy atom. The van der Waals surface area contributed by atoms with Gasteiger partial charge >= 0.3 is 23.8 Å². The minimum atomic E-state index is -0.567. The van der Waals surface area contributed by atoms with Crippen molar-refractivity contribution in [1.82, 2.24) is 15.2 Å². The first-order valence-corrected chi connectivity index (χ1v) is 11.2. The van der Waals surface area contributed by atoms with Crippen molar-refractivity contribution in [2.75, 3.05) is 17.7 Å². The fourth-order valence-corrected chi connectivity index (χ4v) is 3.92. The molecule has 2 aromatic heterocycles. The lowest BCUT2D eigenvalue weighted by Gasteiger charge is -2.27. The van der Waals surface area contributed by atoms with Crippen LogP contribution >= 0.6 is 11.6 Å². The van der Waals surface area contributed by atoms with Gasteiger partial charge in [0.1, 0.15) is 6.10 Å². The Hall–Kier alpha value is -3.66. The number of rotatable bonds is 7. The number of halogens is 1. The second-order valence-electron chi connectivity index (χ2n) is 7.96. The van der Waals surface area contributed by atoms with Gasteiger partial charge in [-0.05, 0) is 56.9 Å². The van der Waals surface area contributed by atoms with Crippen LogP contribution in [0.15, 0.2) is 40.9 Å². The van der Waals surface area contributed by atoms with Crippen molar-refractivity contribution in [3.8, 4) is 5.88 Å². The molecule has 1 aromatic carbocycles. The predicted octanol–water partition coefficient (Wildman–Crippen LogP) is 4.53. The lowest BCUT2D eigenvalue weighted by atomic mass is 9.87. The number of esters is 1. The van der Waals surface area contributed by atoms with Crippen LogP contribution < -0.4 is 15.4 Å². The van der Waals surface area contributed by atoms with Gasteiger partial charge in [0.05, 0.1) is 24.9 Å². The summed E-state index contributed by atoms with van der Waals surface area (Å²) in [6, 6.07) is 8.79. The number of hydrogen-bond donors (Lipinski definition) is 2. The molecule has 1 aliphatic rings.